The minimum absolute atomic E-state index is 0.286. The molecular formula is C13H20N4O. The van der Waals surface area contributed by atoms with E-state index >= 15 is 0 Å². The second-order valence-corrected chi connectivity index (χ2v) is 4.98. The van der Waals surface area contributed by atoms with Gasteiger partial charge in [0.25, 0.3) is 0 Å². The van der Waals surface area contributed by atoms with Gasteiger partial charge in [-0.25, -0.2) is 0 Å². The molecule has 3 heterocycles. The SMILES string of the molecule is c1ncc(N2CCCC2)nc1OC1CCNCC1. The zero-order valence-electron chi connectivity index (χ0n) is 10.6. The Hall–Kier alpha value is -1.36. The third kappa shape index (κ3) is 2.72. The molecule has 0 amide bonds. The van der Waals surface area contributed by atoms with Crippen LogP contribution in [0.2, 0.25) is 0 Å². The fourth-order valence-corrected chi connectivity index (χ4v) is 2.58. The Labute approximate surface area is 108 Å². The quantitative estimate of drug-likeness (QED) is 0.871. The Morgan fingerprint density at radius 2 is 1.94 bits per heavy atom. The monoisotopic (exact) mass is 248 g/mol. The van der Waals surface area contributed by atoms with Crippen molar-refractivity contribution in [2.75, 3.05) is 31.1 Å². The van der Waals surface area contributed by atoms with Crippen molar-refractivity contribution in [1.82, 2.24) is 15.3 Å². The maximum Gasteiger partial charge on any atom is 0.234 e. The summed E-state index contributed by atoms with van der Waals surface area (Å²) in [7, 11) is 0. The van der Waals surface area contributed by atoms with Gasteiger partial charge in [0.15, 0.2) is 5.82 Å². The molecule has 5 heteroatoms. The van der Waals surface area contributed by atoms with Crippen molar-refractivity contribution < 1.29 is 4.74 Å². The van der Waals surface area contributed by atoms with Crippen LogP contribution < -0.4 is 15.0 Å². The lowest BCUT2D eigenvalue weighted by Gasteiger charge is -2.23. The van der Waals surface area contributed by atoms with Crippen molar-refractivity contribution in [2.45, 2.75) is 31.8 Å². The van der Waals surface area contributed by atoms with E-state index in [1.807, 2.05) is 6.20 Å². The first-order valence-electron chi connectivity index (χ1n) is 6.86. The second-order valence-electron chi connectivity index (χ2n) is 4.98. The van der Waals surface area contributed by atoms with Crippen LogP contribution >= 0.6 is 0 Å². The van der Waals surface area contributed by atoms with Crippen LogP contribution in [0.3, 0.4) is 0 Å². The first-order valence-corrected chi connectivity index (χ1v) is 6.86. The van der Waals surface area contributed by atoms with Gasteiger partial charge in [0.05, 0.1) is 12.4 Å². The topological polar surface area (TPSA) is 50.3 Å². The van der Waals surface area contributed by atoms with Crippen LogP contribution in [-0.4, -0.2) is 42.3 Å². The smallest absolute Gasteiger partial charge is 0.234 e. The molecule has 0 aromatic carbocycles. The van der Waals surface area contributed by atoms with Gasteiger partial charge in [0, 0.05) is 13.1 Å². The molecule has 1 aromatic heterocycles. The summed E-state index contributed by atoms with van der Waals surface area (Å²) >= 11 is 0. The van der Waals surface area contributed by atoms with Crippen molar-refractivity contribution in [3.63, 3.8) is 0 Å². The molecule has 1 aromatic rings. The Morgan fingerprint density at radius 3 is 2.72 bits per heavy atom. The second kappa shape index (κ2) is 5.52. The van der Waals surface area contributed by atoms with E-state index in [0.717, 1.165) is 44.8 Å². The molecule has 2 saturated heterocycles. The molecule has 3 rings (SSSR count). The standard InChI is InChI=1S/C13H20N4O/c1-2-8-17(7-1)12-9-15-10-13(16-12)18-11-3-5-14-6-4-11/h9-11,14H,1-8H2. The summed E-state index contributed by atoms with van der Waals surface area (Å²) in [5, 5.41) is 3.33. The normalized spacial score (nSPS) is 21.2. The van der Waals surface area contributed by atoms with Crippen LogP contribution in [-0.2, 0) is 0 Å². The summed E-state index contributed by atoms with van der Waals surface area (Å²) < 4.78 is 5.92. The predicted octanol–water partition coefficient (Wildman–Crippen LogP) is 1.21. The molecule has 2 aliphatic rings. The van der Waals surface area contributed by atoms with Gasteiger partial charge < -0.3 is 15.0 Å². The highest BCUT2D eigenvalue weighted by atomic mass is 16.5. The molecule has 18 heavy (non-hydrogen) atoms. The number of piperidine rings is 1. The van der Waals surface area contributed by atoms with Gasteiger partial charge in [-0.3, -0.25) is 4.98 Å². The Kier molecular flexibility index (Phi) is 3.59. The number of hydrogen-bond acceptors (Lipinski definition) is 5. The summed E-state index contributed by atoms with van der Waals surface area (Å²) in [4.78, 5) is 11.1. The lowest BCUT2D eigenvalue weighted by atomic mass is 10.1. The van der Waals surface area contributed by atoms with Gasteiger partial charge in [0.1, 0.15) is 6.10 Å². The summed E-state index contributed by atoms with van der Waals surface area (Å²) in [5.41, 5.74) is 0. The largest absolute Gasteiger partial charge is 0.473 e. The highest BCUT2D eigenvalue weighted by Crippen LogP contribution is 2.20. The number of nitrogens with one attached hydrogen (secondary N) is 1. The summed E-state index contributed by atoms with van der Waals surface area (Å²) in [5.74, 6) is 1.63. The number of hydrogen-bond donors (Lipinski definition) is 1. The van der Waals surface area contributed by atoms with E-state index in [2.05, 4.69) is 20.2 Å². The first-order chi connectivity index (χ1) is 8.92. The van der Waals surface area contributed by atoms with Crippen molar-refractivity contribution in [1.29, 1.82) is 0 Å². The molecular weight excluding hydrogens is 228 g/mol. The van der Waals surface area contributed by atoms with E-state index in [0.29, 0.717) is 5.88 Å². The van der Waals surface area contributed by atoms with Gasteiger partial charge >= 0.3 is 0 Å². The minimum atomic E-state index is 0.286. The number of ether oxygens (including phenoxy) is 1. The van der Waals surface area contributed by atoms with Crippen LogP contribution in [0.5, 0.6) is 5.88 Å². The molecule has 0 aliphatic carbocycles. The molecule has 0 radical (unpaired) electrons. The third-order valence-electron chi connectivity index (χ3n) is 3.60. The van der Waals surface area contributed by atoms with E-state index < -0.39 is 0 Å². The van der Waals surface area contributed by atoms with Crippen molar-refractivity contribution in [3.05, 3.63) is 12.4 Å². The summed E-state index contributed by atoms with van der Waals surface area (Å²) in [6, 6.07) is 0. The molecule has 2 aliphatic heterocycles. The number of rotatable bonds is 3. The Bertz CT molecular complexity index is 386. The van der Waals surface area contributed by atoms with E-state index in [9.17, 15) is 0 Å². The number of nitrogens with zero attached hydrogens (tertiary/aromatic N) is 3. The maximum atomic E-state index is 5.92. The molecule has 98 valence electrons. The number of aromatic nitrogens is 2. The molecule has 1 N–H and O–H groups in total. The van der Waals surface area contributed by atoms with Crippen LogP contribution in [0.1, 0.15) is 25.7 Å². The fourth-order valence-electron chi connectivity index (χ4n) is 2.58. The van der Waals surface area contributed by atoms with Gasteiger partial charge in [0.2, 0.25) is 5.88 Å². The van der Waals surface area contributed by atoms with Gasteiger partial charge in [-0.05, 0) is 38.8 Å². The molecule has 5 nitrogen and oxygen atoms in total. The first kappa shape index (κ1) is 11.7. The third-order valence-corrected chi connectivity index (χ3v) is 3.60. The molecule has 0 atom stereocenters. The lowest BCUT2D eigenvalue weighted by Crippen LogP contribution is -2.34. The van der Waals surface area contributed by atoms with E-state index in [-0.39, 0.29) is 6.10 Å². The van der Waals surface area contributed by atoms with Crippen LogP contribution in [0.4, 0.5) is 5.82 Å². The molecule has 0 unspecified atom stereocenters. The van der Waals surface area contributed by atoms with E-state index in [1.54, 1.807) is 6.20 Å². The molecule has 0 bridgehead atoms. The zero-order chi connectivity index (χ0) is 12.2. The predicted molar refractivity (Wildman–Crippen MR) is 70.0 cm³/mol. The average molecular weight is 248 g/mol. The fraction of sp³-hybridized carbons (Fsp3) is 0.692. The summed E-state index contributed by atoms with van der Waals surface area (Å²) in [6.45, 7) is 4.24. The molecule has 2 fully saturated rings. The van der Waals surface area contributed by atoms with Crippen molar-refractivity contribution >= 4 is 5.82 Å². The summed E-state index contributed by atoms with van der Waals surface area (Å²) in [6.07, 6.45) is 8.45. The van der Waals surface area contributed by atoms with E-state index in [4.69, 9.17) is 4.74 Å². The van der Waals surface area contributed by atoms with Crippen molar-refractivity contribution in [2.24, 2.45) is 0 Å². The van der Waals surface area contributed by atoms with Gasteiger partial charge in [-0.2, -0.15) is 4.98 Å². The molecule has 0 saturated carbocycles. The van der Waals surface area contributed by atoms with Gasteiger partial charge in [-0.1, -0.05) is 0 Å². The highest BCUT2D eigenvalue weighted by Gasteiger charge is 2.17. The Morgan fingerprint density at radius 1 is 1.17 bits per heavy atom. The lowest BCUT2D eigenvalue weighted by molar-refractivity contribution is 0.155. The Balaban J connectivity index is 1.66. The van der Waals surface area contributed by atoms with Gasteiger partial charge in [-0.15, -0.1) is 0 Å². The minimum Gasteiger partial charge on any atom is -0.473 e. The molecule has 0 spiro atoms. The van der Waals surface area contributed by atoms with Crippen molar-refractivity contribution in [3.8, 4) is 5.88 Å². The number of anilines is 1. The van der Waals surface area contributed by atoms with Crippen LogP contribution in [0, 0.1) is 0 Å². The average Bonchev–Trinajstić information content (AvgIpc) is 2.94. The van der Waals surface area contributed by atoms with E-state index in [1.165, 1.54) is 12.8 Å². The van der Waals surface area contributed by atoms with Crippen LogP contribution in [0.25, 0.3) is 0 Å². The zero-order valence-corrected chi connectivity index (χ0v) is 10.6. The maximum absolute atomic E-state index is 5.92. The highest BCUT2D eigenvalue weighted by molar-refractivity contribution is 5.38. The van der Waals surface area contributed by atoms with Crippen LogP contribution in [0.15, 0.2) is 12.4 Å².